The summed E-state index contributed by atoms with van der Waals surface area (Å²) in [6.45, 7) is 0. The summed E-state index contributed by atoms with van der Waals surface area (Å²) in [5, 5.41) is 0. The molecule has 0 aromatic carbocycles. The first-order chi connectivity index (χ1) is 6.75. The fraction of sp³-hybridized carbons (Fsp3) is 0.818. The maximum absolute atomic E-state index is 5.56. The first kappa shape index (κ1) is 9.22. The van der Waals surface area contributed by atoms with Crippen LogP contribution in [0.1, 0.15) is 32.1 Å². The molecule has 3 fully saturated rings. The quantitative estimate of drug-likeness (QED) is 0.386. The van der Waals surface area contributed by atoms with Gasteiger partial charge in [0.05, 0.1) is 6.42 Å². The standard InChI is InChI=1S/C11H14OS2/c13-11(14)12-10-5-6-4-9(10)8-3-1-2-7(6)8/h6-8,10H,1-5H2. The summed E-state index contributed by atoms with van der Waals surface area (Å²) in [6, 6.07) is 0. The van der Waals surface area contributed by atoms with Crippen LogP contribution in [0, 0.1) is 23.7 Å². The Morgan fingerprint density at radius 3 is 3.07 bits per heavy atom. The molecule has 3 aliphatic carbocycles. The highest BCUT2D eigenvalue weighted by Gasteiger charge is 2.63. The van der Waals surface area contributed by atoms with Gasteiger partial charge in [0.1, 0.15) is 11.8 Å². The van der Waals surface area contributed by atoms with Crippen LogP contribution in [-0.2, 0) is 17.4 Å². The van der Waals surface area contributed by atoms with Gasteiger partial charge in [-0.1, -0.05) is 0 Å². The molecule has 0 radical (unpaired) electrons. The van der Waals surface area contributed by atoms with Crippen LogP contribution in [0.5, 0.6) is 0 Å². The van der Waals surface area contributed by atoms with E-state index in [4.69, 9.17) is 29.6 Å². The first-order valence-corrected chi connectivity index (χ1v) is 6.30. The summed E-state index contributed by atoms with van der Waals surface area (Å²) in [5.74, 6) is 4.39. The molecule has 0 saturated heterocycles. The largest absolute Gasteiger partial charge is 0.470 e. The van der Waals surface area contributed by atoms with E-state index in [2.05, 4.69) is 0 Å². The van der Waals surface area contributed by atoms with Gasteiger partial charge in [0.15, 0.2) is 0 Å². The molecule has 0 spiro atoms. The summed E-state index contributed by atoms with van der Waals surface area (Å²) >= 11 is 9.69. The minimum Gasteiger partial charge on any atom is -0.470 e. The maximum atomic E-state index is 5.56. The normalized spacial score (nSPS) is 44.1. The lowest BCUT2D eigenvalue weighted by Crippen LogP contribution is -2.30. The second-order valence-electron chi connectivity index (χ2n) is 4.83. The molecule has 76 valence electrons. The van der Waals surface area contributed by atoms with Crippen LogP contribution in [0.4, 0.5) is 0 Å². The molecule has 3 heteroatoms. The second-order valence-corrected chi connectivity index (χ2v) is 5.83. The number of thiocarbonyl (C=S) groups is 1. The molecule has 0 amide bonds. The average molecular weight is 226 g/mol. The third-order valence-corrected chi connectivity index (χ3v) is 4.51. The molecule has 0 N–H and O–H groups in total. The SMILES string of the molecule is S=C([S-])OC1CC2C[C+]1C1CCCC21. The summed E-state index contributed by atoms with van der Waals surface area (Å²) in [4.78, 5) is 0. The number of rotatable bonds is 1. The van der Waals surface area contributed by atoms with Gasteiger partial charge >= 0.3 is 0 Å². The van der Waals surface area contributed by atoms with Gasteiger partial charge in [-0.3, -0.25) is 0 Å². The Labute approximate surface area is 96.0 Å². The van der Waals surface area contributed by atoms with Crippen LogP contribution >= 0.6 is 12.2 Å². The van der Waals surface area contributed by atoms with Crippen molar-refractivity contribution >= 4 is 29.2 Å². The van der Waals surface area contributed by atoms with Gasteiger partial charge in [-0.05, 0) is 19.3 Å². The first-order valence-electron chi connectivity index (χ1n) is 5.49. The van der Waals surface area contributed by atoms with Crippen LogP contribution < -0.4 is 0 Å². The molecule has 3 saturated carbocycles. The Kier molecular flexibility index (Phi) is 2.13. The van der Waals surface area contributed by atoms with Crippen LogP contribution in [0.15, 0.2) is 0 Å². The fourth-order valence-corrected chi connectivity index (χ4v) is 4.15. The molecule has 0 aliphatic heterocycles. The van der Waals surface area contributed by atoms with E-state index in [0.717, 1.165) is 17.8 Å². The number of hydrogen-bond acceptors (Lipinski definition) is 3. The highest BCUT2D eigenvalue weighted by molar-refractivity contribution is 7.99. The lowest BCUT2D eigenvalue weighted by Gasteiger charge is -2.24. The predicted molar refractivity (Wildman–Crippen MR) is 61.6 cm³/mol. The minimum absolute atomic E-state index is 0.296. The van der Waals surface area contributed by atoms with Gasteiger partial charge in [0.25, 0.3) is 0 Å². The van der Waals surface area contributed by atoms with E-state index >= 15 is 0 Å². The zero-order valence-corrected chi connectivity index (χ0v) is 9.70. The van der Waals surface area contributed by atoms with E-state index in [0.29, 0.717) is 10.5 Å². The number of ether oxygens (including phenoxy) is 1. The van der Waals surface area contributed by atoms with Crippen LogP contribution in [0.25, 0.3) is 0 Å². The van der Waals surface area contributed by atoms with Crippen molar-refractivity contribution in [3.05, 3.63) is 5.92 Å². The number of fused-ring (bicyclic) bond motifs is 5. The average Bonchev–Trinajstić information content (AvgIpc) is 2.68. The zero-order valence-electron chi connectivity index (χ0n) is 8.07. The molecule has 1 nitrogen and oxygen atoms in total. The Morgan fingerprint density at radius 2 is 2.29 bits per heavy atom. The highest BCUT2D eigenvalue weighted by Crippen LogP contribution is 2.60. The molecule has 0 heterocycles. The van der Waals surface area contributed by atoms with Crippen molar-refractivity contribution in [2.75, 3.05) is 0 Å². The van der Waals surface area contributed by atoms with Crippen LogP contribution in [0.3, 0.4) is 0 Å². The van der Waals surface area contributed by atoms with Crippen molar-refractivity contribution in [2.24, 2.45) is 17.8 Å². The van der Waals surface area contributed by atoms with Crippen molar-refractivity contribution in [2.45, 2.75) is 38.2 Å². The molecule has 4 unspecified atom stereocenters. The van der Waals surface area contributed by atoms with E-state index in [1.54, 1.807) is 5.92 Å². The van der Waals surface area contributed by atoms with E-state index in [1.807, 2.05) is 0 Å². The lowest BCUT2D eigenvalue weighted by molar-refractivity contribution is 0.149. The van der Waals surface area contributed by atoms with Gasteiger partial charge in [-0.15, -0.1) is 0 Å². The third kappa shape index (κ3) is 1.25. The van der Waals surface area contributed by atoms with Crippen LogP contribution in [-0.4, -0.2) is 10.5 Å². The molecule has 2 bridgehead atoms. The van der Waals surface area contributed by atoms with Crippen LogP contribution in [0.2, 0.25) is 0 Å². The smallest absolute Gasteiger partial charge is 0.236 e. The topological polar surface area (TPSA) is 9.23 Å². The molecule has 3 rings (SSSR count). The Morgan fingerprint density at radius 1 is 1.43 bits per heavy atom. The van der Waals surface area contributed by atoms with Crippen molar-refractivity contribution in [1.82, 2.24) is 0 Å². The predicted octanol–water partition coefficient (Wildman–Crippen LogP) is 2.62. The summed E-state index contributed by atoms with van der Waals surface area (Å²) < 4.78 is 5.87. The molecule has 3 aliphatic rings. The van der Waals surface area contributed by atoms with E-state index in [9.17, 15) is 0 Å². The maximum Gasteiger partial charge on any atom is 0.236 e. The fourth-order valence-electron chi connectivity index (χ4n) is 3.91. The summed E-state index contributed by atoms with van der Waals surface area (Å²) in [7, 11) is 0. The Balaban J connectivity index is 1.73. The van der Waals surface area contributed by atoms with Gasteiger partial charge in [0, 0.05) is 22.6 Å². The highest BCUT2D eigenvalue weighted by atomic mass is 32.1. The van der Waals surface area contributed by atoms with Crippen molar-refractivity contribution in [3.63, 3.8) is 0 Å². The van der Waals surface area contributed by atoms with E-state index in [-0.39, 0.29) is 0 Å². The van der Waals surface area contributed by atoms with Gasteiger partial charge in [0.2, 0.25) is 6.10 Å². The Bertz CT molecular complexity index is 266. The third-order valence-electron chi connectivity index (χ3n) is 4.32. The molecule has 14 heavy (non-hydrogen) atoms. The zero-order chi connectivity index (χ0) is 9.71. The Hall–Kier alpha value is -0.0200. The monoisotopic (exact) mass is 226 g/mol. The molecular weight excluding hydrogens is 212 g/mol. The molecular formula is C11H14OS2. The van der Waals surface area contributed by atoms with Gasteiger partial charge in [-0.2, -0.15) is 0 Å². The minimum atomic E-state index is 0.296. The second kappa shape index (κ2) is 3.24. The van der Waals surface area contributed by atoms with Gasteiger partial charge in [-0.25, -0.2) is 0 Å². The van der Waals surface area contributed by atoms with Crippen molar-refractivity contribution in [3.8, 4) is 0 Å². The van der Waals surface area contributed by atoms with E-state index < -0.39 is 0 Å². The summed E-state index contributed by atoms with van der Waals surface area (Å²) in [5.41, 5.74) is 0. The molecule has 0 aromatic heterocycles. The lowest BCUT2D eigenvalue weighted by atomic mass is 9.80. The van der Waals surface area contributed by atoms with Crippen molar-refractivity contribution in [1.29, 1.82) is 0 Å². The van der Waals surface area contributed by atoms with Gasteiger partial charge < -0.3 is 29.6 Å². The van der Waals surface area contributed by atoms with Crippen molar-refractivity contribution < 1.29 is 4.74 Å². The summed E-state index contributed by atoms with van der Waals surface area (Å²) in [6.07, 6.45) is 7.04. The number of hydrogen-bond donors (Lipinski definition) is 0. The molecule has 4 atom stereocenters. The molecule has 0 aromatic rings. The van der Waals surface area contributed by atoms with E-state index in [1.165, 1.54) is 32.1 Å².